The molecular formula is C13H15FO3. The highest BCUT2D eigenvalue weighted by Gasteiger charge is 2.47. The average molecular weight is 238 g/mol. The number of carboxylic acid groups (broad SMARTS) is 1. The summed E-state index contributed by atoms with van der Waals surface area (Å²) in [7, 11) is 0. The Balaban J connectivity index is 2.52. The maximum absolute atomic E-state index is 13.8. The zero-order valence-electron chi connectivity index (χ0n) is 9.56. The molecule has 2 N–H and O–H groups in total. The Kier molecular flexibility index (Phi) is 2.91. The molecule has 1 aliphatic rings. The van der Waals surface area contributed by atoms with Crippen molar-refractivity contribution < 1.29 is 19.4 Å². The van der Waals surface area contributed by atoms with Crippen molar-refractivity contribution in [2.24, 2.45) is 0 Å². The number of rotatable bonds is 2. The van der Waals surface area contributed by atoms with E-state index < -0.39 is 17.7 Å². The lowest BCUT2D eigenvalue weighted by atomic mass is 9.72. The molecule has 0 heterocycles. The van der Waals surface area contributed by atoms with Crippen LogP contribution in [0, 0.1) is 0 Å². The molecule has 1 aromatic carbocycles. The Bertz CT molecular complexity index is 446. The summed E-state index contributed by atoms with van der Waals surface area (Å²) < 4.78 is 13.8. The van der Waals surface area contributed by atoms with Gasteiger partial charge in [-0.05, 0) is 29.9 Å². The second-order valence-electron chi connectivity index (χ2n) is 4.65. The Morgan fingerprint density at radius 2 is 2.18 bits per heavy atom. The van der Waals surface area contributed by atoms with Crippen LogP contribution in [0.1, 0.15) is 36.8 Å². The molecule has 3 nitrogen and oxygen atoms in total. The molecule has 0 bridgehead atoms. The zero-order chi connectivity index (χ0) is 12.6. The molecule has 2 rings (SSSR count). The van der Waals surface area contributed by atoms with Crippen LogP contribution in [0.4, 0.5) is 4.39 Å². The summed E-state index contributed by atoms with van der Waals surface area (Å²) in [5, 5.41) is 19.1. The molecule has 0 aliphatic heterocycles. The van der Waals surface area contributed by atoms with Gasteiger partial charge in [0.1, 0.15) is 5.60 Å². The van der Waals surface area contributed by atoms with Crippen molar-refractivity contribution in [1.82, 2.24) is 0 Å². The second-order valence-corrected chi connectivity index (χ2v) is 4.65. The molecule has 1 aromatic rings. The molecule has 3 unspecified atom stereocenters. The van der Waals surface area contributed by atoms with E-state index in [0.717, 1.165) is 5.56 Å². The minimum absolute atomic E-state index is 0.138. The third-order valence-corrected chi connectivity index (χ3v) is 3.55. The number of hydrogen-bond acceptors (Lipinski definition) is 2. The maximum atomic E-state index is 13.8. The smallest absolute Gasteiger partial charge is 0.341 e. The van der Waals surface area contributed by atoms with Crippen LogP contribution >= 0.6 is 0 Å². The van der Waals surface area contributed by atoms with Crippen LogP contribution < -0.4 is 0 Å². The van der Waals surface area contributed by atoms with Crippen LogP contribution in [-0.2, 0) is 10.4 Å². The van der Waals surface area contributed by atoms with E-state index in [0.29, 0.717) is 12.0 Å². The van der Waals surface area contributed by atoms with Crippen molar-refractivity contribution in [2.75, 3.05) is 0 Å². The van der Waals surface area contributed by atoms with Gasteiger partial charge in [-0.3, -0.25) is 0 Å². The number of fused-ring (bicyclic) bond motifs is 1. The van der Waals surface area contributed by atoms with E-state index in [9.17, 15) is 14.3 Å². The minimum Gasteiger partial charge on any atom is -0.479 e. The molecular weight excluding hydrogens is 223 g/mol. The molecule has 0 amide bonds. The fourth-order valence-electron chi connectivity index (χ4n) is 2.52. The lowest BCUT2D eigenvalue weighted by Crippen LogP contribution is -2.44. The van der Waals surface area contributed by atoms with Crippen molar-refractivity contribution in [3.63, 3.8) is 0 Å². The van der Waals surface area contributed by atoms with Gasteiger partial charge in [-0.15, -0.1) is 0 Å². The topological polar surface area (TPSA) is 57.5 Å². The summed E-state index contributed by atoms with van der Waals surface area (Å²) in [5.74, 6) is -1.40. The van der Waals surface area contributed by atoms with Crippen LogP contribution in [0.15, 0.2) is 24.3 Å². The molecule has 0 saturated heterocycles. The molecule has 0 radical (unpaired) electrons. The molecule has 92 valence electrons. The molecule has 17 heavy (non-hydrogen) atoms. The summed E-state index contributed by atoms with van der Waals surface area (Å²) in [4.78, 5) is 10.8. The highest BCUT2D eigenvalue weighted by atomic mass is 19.1. The fourth-order valence-corrected chi connectivity index (χ4v) is 2.52. The van der Waals surface area contributed by atoms with Gasteiger partial charge in [-0.1, -0.05) is 31.2 Å². The van der Waals surface area contributed by atoms with Crippen LogP contribution in [0.3, 0.4) is 0 Å². The summed E-state index contributed by atoms with van der Waals surface area (Å²) in [6.45, 7) is 1.99. The van der Waals surface area contributed by atoms with E-state index in [4.69, 9.17) is 5.11 Å². The van der Waals surface area contributed by atoms with Gasteiger partial charge < -0.3 is 10.2 Å². The number of aliphatic carboxylic acids is 1. The minimum atomic E-state index is -2.28. The normalized spacial score (nSPS) is 29.5. The number of aliphatic hydroxyl groups is 1. The number of hydrogen-bond donors (Lipinski definition) is 2. The molecule has 1 aliphatic carbocycles. The van der Waals surface area contributed by atoms with Crippen LogP contribution in [0.25, 0.3) is 0 Å². The van der Waals surface area contributed by atoms with Crippen molar-refractivity contribution in [3.05, 3.63) is 35.4 Å². The Morgan fingerprint density at radius 3 is 2.82 bits per heavy atom. The zero-order valence-corrected chi connectivity index (χ0v) is 9.56. The number of carbonyl (C=O) groups is 1. The number of halogens is 1. The van der Waals surface area contributed by atoms with Crippen molar-refractivity contribution in [2.45, 2.75) is 37.5 Å². The largest absolute Gasteiger partial charge is 0.479 e. The molecule has 0 fully saturated rings. The van der Waals surface area contributed by atoms with E-state index in [1.807, 2.05) is 19.1 Å². The van der Waals surface area contributed by atoms with Crippen LogP contribution in [-0.4, -0.2) is 22.4 Å². The fraction of sp³-hybridized carbons (Fsp3) is 0.462. The van der Waals surface area contributed by atoms with Gasteiger partial charge in [-0.2, -0.15) is 0 Å². The van der Waals surface area contributed by atoms with E-state index in [-0.39, 0.29) is 12.3 Å². The predicted molar refractivity (Wildman–Crippen MR) is 60.5 cm³/mol. The summed E-state index contributed by atoms with van der Waals surface area (Å²) in [6.07, 6.45) is -1.56. The van der Waals surface area contributed by atoms with E-state index in [1.165, 1.54) is 0 Å². The van der Waals surface area contributed by atoms with Gasteiger partial charge in [0.2, 0.25) is 6.17 Å². The van der Waals surface area contributed by atoms with Gasteiger partial charge in [0, 0.05) is 0 Å². The first-order chi connectivity index (χ1) is 7.97. The molecule has 0 spiro atoms. The summed E-state index contributed by atoms with van der Waals surface area (Å²) >= 11 is 0. The Morgan fingerprint density at radius 1 is 1.53 bits per heavy atom. The van der Waals surface area contributed by atoms with E-state index >= 15 is 0 Å². The first-order valence-corrected chi connectivity index (χ1v) is 5.65. The highest BCUT2D eigenvalue weighted by Crippen LogP contribution is 2.43. The van der Waals surface area contributed by atoms with Gasteiger partial charge in [-0.25, -0.2) is 9.18 Å². The van der Waals surface area contributed by atoms with Crippen molar-refractivity contribution in [3.8, 4) is 0 Å². The standard InChI is InChI=1S/C13H15FO3/c1-8-6-7-13(17,11(14)12(15)16)10-5-3-2-4-9(8)10/h2-5,8,11,17H,6-7H2,1H3,(H,15,16). The molecule has 3 atom stereocenters. The first kappa shape index (κ1) is 12.0. The third-order valence-electron chi connectivity index (χ3n) is 3.55. The van der Waals surface area contributed by atoms with Gasteiger partial charge >= 0.3 is 5.97 Å². The van der Waals surface area contributed by atoms with Crippen molar-refractivity contribution in [1.29, 1.82) is 0 Å². The average Bonchev–Trinajstić information content (AvgIpc) is 2.33. The van der Waals surface area contributed by atoms with Gasteiger partial charge in [0.15, 0.2) is 0 Å². The van der Waals surface area contributed by atoms with Gasteiger partial charge in [0.25, 0.3) is 0 Å². The van der Waals surface area contributed by atoms with E-state index in [1.54, 1.807) is 12.1 Å². The van der Waals surface area contributed by atoms with Gasteiger partial charge in [0.05, 0.1) is 0 Å². The molecule has 4 heteroatoms. The monoisotopic (exact) mass is 238 g/mol. The lowest BCUT2D eigenvalue weighted by molar-refractivity contribution is -0.157. The maximum Gasteiger partial charge on any atom is 0.341 e. The quantitative estimate of drug-likeness (QED) is 0.830. The molecule has 0 aromatic heterocycles. The number of carboxylic acids is 1. The summed E-state index contributed by atoms with van der Waals surface area (Å²) in [6, 6.07) is 6.94. The third kappa shape index (κ3) is 1.82. The van der Waals surface area contributed by atoms with E-state index in [2.05, 4.69) is 0 Å². The Labute approximate surface area is 98.9 Å². The van der Waals surface area contributed by atoms with Crippen LogP contribution in [0.2, 0.25) is 0 Å². The summed E-state index contributed by atoms with van der Waals surface area (Å²) in [5.41, 5.74) is -0.645. The van der Waals surface area contributed by atoms with Crippen molar-refractivity contribution >= 4 is 5.97 Å². The lowest BCUT2D eigenvalue weighted by Gasteiger charge is -2.37. The number of alkyl halides is 1. The first-order valence-electron chi connectivity index (χ1n) is 5.65. The second kappa shape index (κ2) is 4.11. The van der Waals surface area contributed by atoms with Crippen LogP contribution in [0.5, 0.6) is 0 Å². The highest BCUT2D eigenvalue weighted by molar-refractivity contribution is 5.74. The molecule has 0 saturated carbocycles. The predicted octanol–water partition coefficient (Wildman–Crippen LogP) is 2.19. The Hall–Kier alpha value is -1.42. The SMILES string of the molecule is CC1CCC(O)(C(F)C(=O)O)c2ccccc21. The number of benzene rings is 1.